The van der Waals surface area contributed by atoms with Crippen molar-refractivity contribution in [3.63, 3.8) is 0 Å². The molecule has 8 heteroatoms. The summed E-state index contributed by atoms with van der Waals surface area (Å²) in [5, 5.41) is 5.64. The van der Waals surface area contributed by atoms with Crippen LogP contribution in [0.5, 0.6) is 0 Å². The van der Waals surface area contributed by atoms with Crippen molar-refractivity contribution < 1.29 is 22.8 Å². The molecule has 0 aromatic heterocycles. The molecule has 1 saturated heterocycles. The zero-order valence-electron chi connectivity index (χ0n) is 15.8. The molecule has 0 radical (unpaired) electrons. The molecule has 0 bridgehead atoms. The highest BCUT2D eigenvalue weighted by Crippen LogP contribution is 2.29. The second kappa shape index (κ2) is 8.19. The highest BCUT2D eigenvalue weighted by atomic mass is 19.4. The lowest BCUT2D eigenvalue weighted by atomic mass is 10.1. The summed E-state index contributed by atoms with van der Waals surface area (Å²) in [6.07, 6.45) is -2.28. The van der Waals surface area contributed by atoms with E-state index in [9.17, 15) is 22.8 Å². The highest BCUT2D eigenvalue weighted by molar-refractivity contribution is 5.87. The molecule has 1 atom stereocenters. The van der Waals surface area contributed by atoms with E-state index in [1.807, 2.05) is 20.8 Å². The molecule has 1 fully saturated rings. The number of amides is 3. The Morgan fingerprint density at radius 1 is 1.19 bits per heavy atom. The van der Waals surface area contributed by atoms with Crippen molar-refractivity contribution in [3.8, 4) is 0 Å². The summed E-state index contributed by atoms with van der Waals surface area (Å²) >= 11 is 0. The first-order valence-electron chi connectivity index (χ1n) is 9.00. The Morgan fingerprint density at radius 2 is 1.81 bits per heavy atom. The summed E-state index contributed by atoms with van der Waals surface area (Å²) in [6.45, 7) is 6.10. The van der Waals surface area contributed by atoms with Gasteiger partial charge in [-0.3, -0.25) is 4.79 Å². The molecule has 5 nitrogen and oxygen atoms in total. The Morgan fingerprint density at radius 3 is 2.37 bits per heavy atom. The van der Waals surface area contributed by atoms with Crippen LogP contribution in [0, 0.1) is 0 Å². The van der Waals surface area contributed by atoms with E-state index in [-0.39, 0.29) is 12.5 Å². The topological polar surface area (TPSA) is 61.4 Å². The first-order chi connectivity index (χ1) is 12.5. The maximum atomic E-state index is 12.8. The van der Waals surface area contributed by atoms with Crippen molar-refractivity contribution >= 4 is 11.9 Å². The van der Waals surface area contributed by atoms with Crippen LogP contribution in [0.2, 0.25) is 0 Å². The molecule has 0 aliphatic carbocycles. The molecule has 0 spiro atoms. The van der Waals surface area contributed by atoms with Crippen molar-refractivity contribution in [1.82, 2.24) is 15.5 Å². The van der Waals surface area contributed by atoms with Crippen LogP contribution >= 0.6 is 0 Å². The molecule has 0 saturated carbocycles. The largest absolute Gasteiger partial charge is 0.416 e. The summed E-state index contributed by atoms with van der Waals surface area (Å²) in [5.74, 6) is -0.233. The van der Waals surface area contributed by atoms with Crippen molar-refractivity contribution in [1.29, 1.82) is 0 Å². The van der Waals surface area contributed by atoms with Crippen LogP contribution < -0.4 is 10.6 Å². The fourth-order valence-electron chi connectivity index (χ4n) is 2.93. The summed E-state index contributed by atoms with van der Waals surface area (Å²) in [4.78, 5) is 26.6. The quantitative estimate of drug-likeness (QED) is 0.834. The van der Waals surface area contributed by atoms with E-state index in [2.05, 4.69) is 10.6 Å². The molecule has 1 unspecified atom stereocenters. The minimum Gasteiger partial charge on any atom is -0.354 e. The maximum absolute atomic E-state index is 12.8. The van der Waals surface area contributed by atoms with Crippen LogP contribution in [-0.4, -0.2) is 35.0 Å². The number of hydrogen-bond donors (Lipinski definition) is 2. The number of nitrogens with zero attached hydrogens (tertiary/aromatic N) is 1. The molecular weight excluding hydrogens is 359 g/mol. The van der Waals surface area contributed by atoms with E-state index in [1.54, 1.807) is 0 Å². The molecule has 1 aliphatic heterocycles. The second-order valence-corrected chi connectivity index (χ2v) is 7.81. The molecule has 1 heterocycles. The Labute approximate surface area is 157 Å². The van der Waals surface area contributed by atoms with Crippen molar-refractivity contribution in [2.24, 2.45) is 0 Å². The van der Waals surface area contributed by atoms with Gasteiger partial charge in [-0.2, -0.15) is 13.2 Å². The normalized spacial score (nSPS) is 18.4. The summed E-state index contributed by atoms with van der Waals surface area (Å²) in [6, 6.07) is 3.59. The van der Waals surface area contributed by atoms with Crippen LogP contribution in [0.4, 0.5) is 18.0 Å². The molecule has 3 amide bonds. The van der Waals surface area contributed by atoms with E-state index in [0.717, 1.165) is 25.0 Å². The minimum absolute atomic E-state index is 0.0537. The Kier molecular flexibility index (Phi) is 6.38. The van der Waals surface area contributed by atoms with Crippen molar-refractivity contribution in [2.45, 2.75) is 64.3 Å². The van der Waals surface area contributed by atoms with Crippen LogP contribution in [0.25, 0.3) is 0 Å². The van der Waals surface area contributed by atoms with Gasteiger partial charge in [0.05, 0.1) is 5.56 Å². The molecule has 150 valence electrons. The fourth-order valence-corrected chi connectivity index (χ4v) is 2.93. The lowest BCUT2D eigenvalue weighted by molar-refractivity contribution is -0.137. The number of halogens is 3. The number of carbonyl (C=O) groups is 2. The molecule has 1 aromatic rings. The van der Waals surface area contributed by atoms with Crippen LogP contribution in [0.3, 0.4) is 0 Å². The van der Waals surface area contributed by atoms with Crippen LogP contribution in [-0.2, 0) is 17.5 Å². The molecule has 27 heavy (non-hydrogen) atoms. The van der Waals surface area contributed by atoms with Gasteiger partial charge in [0.2, 0.25) is 5.91 Å². The smallest absolute Gasteiger partial charge is 0.354 e. The molecular formula is C19H26F3N3O2. The average molecular weight is 385 g/mol. The van der Waals surface area contributed by atoms with E-state index in [4.69, 9.17) is 0 Å². The molecule has 2 N–H and O–H groups in total. The van der Waals surface area contributed by atoms with Crippen LogP contribution in [0.1, 0.15) is 51.2 Å². The monoisotopic (exact) mass is 385 g/mol. The first kappa shape index (κ1) is 21.1. The van der Waals surface area contributed by atoms with Gasteiger partial charge < -0.3 is 15.5 Å². The standard InChI is InChI=1S/C19H26F3N3O2/c1-18(2,3)24-17(27)25(15-6-4-5-11-23-16(15)26)12-13-7-9-14(10-8-13)19(20,21)22/h7-10,15H,4-6,11-12H2,1-3H3,(H,23,26)(H,24,27). The third-order valence-corrected chi connectivity index (χ3v) is 4.26. The third-order valence-electron chi connectivity index (χ3n) is 4.26. The van der Waals surface area contributed by atoms with Crippen molar-refractivity contribution in [2.75, 3.05) is 6.54 Å². The van der Waals surface area contributed by atoms with E-state index < -0.39 is 29.4 Å². The third kappa shape index (κ3) is 6.15. The van der Waals surface area contributed by atoms with Gasteiger partial charge in [0.1, 0.15) is 6.04 Å². The zero-order valence-corrected chi connectivity index (χ0v) is 15.8. The highest BCUT2D eigenvalue weighted by Gasteiger charge is 2.33. The van der Waals surface area contributed by atoms with E-state index in [0.29, 0.717) is 18.5 Å². The number of nitrogens with one attached hydrogen (secondary N) is 2. The molecule has 1 aliphatic rings. The predicted octanol–water partition coefficient (Wildman–Crippen LogP) is 3.68. The van der Waals surface area contributed by atoms with E-state index >= 15 is 0 Å². The summed E-state index contributed by atoms with van der Waals surface area (Å²) in [7, 11) is 0. The molecule has 1 aromatic carbocycles. The van der Waals surface area contributed by atoms with Gasteiger partial charge in [0.15, 0.2) is 0 Å². The lowest BCUT2D eigenvalue weighted by Gasteiger charge is -2.33. The Bertz CT molecular complexity index is 666. The molecule has 2 rings (SSSR count). The summed E-state index contributed by atoms with van der Waals surface area (Å²) < 4.78 is 38.3. The minimum atomic E-state index is -4.41. The van der Waals surface area contributed by atoms with Crippen LogP contribution in [0.15, 0.2) is 24.3 Å². The number of benzene rings is 1. The second-order valence-electron chi connectivity index (χ2n) is 7.81. The Balaban J connectivity index is 2.26. The zero-order chi connectivity index (χ0) is 20.2. The fraction of sp³-hybridized carbons (Fsp3) is 0.579. The predicted molar refractivity (Wildman–Crippen MR) is 95.9 cm³/mol. The SMILES string of the molecule is CC(C)(C)NC(=O)N(Cc1ccc(C(F)(F)F)cc1)C1CCCCNC1=O. The number of urea groups is 1. The number of carbonyl (C=O) groups excluding carboxylic acids is 2. The van der Waals surface area contributed by atoms with Gasteiger partial charge in [0.25, 0.3) is 0 Å². The number of hydrogen-bond acceptors (Lipinski definition) is 2. The van der Waals surface area contributed by atoms with Crippen molar-refractivity contribution in [3.05, 3.63) is 35.4 Å². The van der Waals surface area contributed by atoms with Gasteiger partial charge >= 0.3 is 12.2 Å². The summed E-state index contributed by atoms with van der Waals surface area (Å²) in [5.41, 5.74) is -0.718. The Hall–Kier alpha value is -2.25. The number of rotatable bonds is 3. The van der Waals surface area contributed by atoms with Gasteiger partial charge in [-0.1, -0.05) is 12.1 Å². The van der Waals surface area contributed by atoms with E-state index in [1.165, 1.54) is 17.0 Å². The average Bonchev–Trinajstić information content (AvgIpc) is 2.75. The van der Waals surface area contributed by atoms with Gasteiger partial charge in [-0.15, -0.1) is 0 Å². The van der Waals surface area contributed by atoms with Gasteiger partial charge in [0, 0.05) is 18.6 Å². The maximum Gasteiger partial charge on any atom is 0.416 e. The first-order valence-corrected chi connectivity index (χ1v) is 9.00. The number of alkyl halides is 3. The van der Waals surface area contributed by atoms with Gasteiger partial charge in [-0.25, -0.2) is 4.79 Å². The lowest BCUT2D eigenvalue weighted by Crippen LogP contribution is -2.55. The van der Waals surface area contributed by atoms with Gasteiger partial charge in [-0.05, 0) is 57.7 Å².